The summed E-state index contributed by atoms with van der Waals surface area (Å²) >= 11 is 0. The second kappa shape index (κ2) is 6.82. The molecule has 18 heavy (non-hydrogen) atoms. The van der Waals surface area contributed by atoms with Gasteiger partial charge in [-0.15, -0.1) is 0 Å². The van der Waals surface area contributed by atoms with E-state index in [-0.39, 0.29) is 12.6 Å². The van der Waals surface area contributed by atoms with Gasteiger partial charge < -0.3 is 5.32 Å². The Kier molecular flexibility index (Phi) is 5.71. The van der Waals surface area contributed by atoms with Crippen LogP contribution in [0.2, 0.25) is 0 Å². The van der Waals surface area contributed by atoms with E-state index in [2.05, 4.69) is 15.0 Å². The summed E-state index contributed by atoms with van der Waals surface area (Å²) in [5.74, 6) is 0. The zero-order valence-corrected chi connectivity index (χ0v) is 11.9. The van der Waals surface area contributed by atoms with Crippen LogP contribution in [0.5, 0.6) is 0 Å². The van der Waals surface area contributed by atoms with Crippen molar-refractivity contribution in [1.29, 1.82) is 0 Å². The van der Waals surface area contributed by atoms with Crippen molar-refractivity contribution in [3.8, 4) is 0 Å². The summed E-state index contributed by atoms with van der Waals surface area (Å²) in [6.07, 6.45) is 1.65. The standard InChI is InChI=1S/C12H21N3O2S/c1-10(2)14-8-11(3)18(16,17)15-9-12-6-4-5-7-13-12/h4-7,10-11,14-15H,8-9H2,1-3H3. The topological polar surface area (TPSA) is 71.1 Å². The van der Waals surface area contributed by atoms with Gasteiger partial charge in [0.1, 0.15) is 0 Å². The Morgan fingerprint density at radius 3 is 2.56 bits per heavy atom. The zero-order valence-electron chi connectivity index (χ0n) is 11.1. The molecule has 1 rings (SSSR count). The van der Waals surface area contributed by atoms with E-state index in [1.807, 2.05) is 19.9 Å². The Labute approximate surface area is 109 Å². The number of hydrogen-bond donors (Lipinski definition) is 2. The smallest absolute Gasteiger partial charge is 0.215 e. The molecule has 0 aromatic carbocycles. The SMILES string of the molecule is CC(C)NCC(C)S(=O)(=O)NCc1ccccn1. The maximum atomic E-state index is 11.9. The Hall–Kier alpha value is -0.980. The first-order chi connectivity index (χ1) is 8.42. The Bertz CT molecular complexity index is 446. The fourth-order valence-electron chi connectivity index (χ4n) is 1.33. The van der Waals surface area contributed by atoms with Crippen LogP contribution >= 0.6 is 0 Å². The number of nitrogens with one attached hydrogen (secondary N) is 2. The Morgan fingerprint density at radius 2 is 2.00 bits per heavy atom. The van der Waals surface area contributed by atoms with E-state index in [9.17, 15) is 8.42 Å². The molecule has 0 spiro atoms. The molecule has 102 valence electrons. The molecule has 0 aliphatic rings. The maximum Gasteiger partial charge on any atom is 0.215 e. The normalized spacial score (nSPS) is 13.8. The van der Waals surface area contributed by atoms with E-state index in [1.165, 1.54) is 0 Å². The van der Waals surface area contributed by atoms with Crippen LogP contribution in [0.15, 0.2) is 24.4 Å². The van der Waals surface area contributed by atoms with Crippen molar-refractivity contribution in [2.45, 2.75) is 38.6 Å². The molecular formula is C12H21N3O2S. The van der Waals surface area contributed by atoms with Gasteiger partial charge in [0.2, 0.25) is 10.0 Å². The number of nitrogens with zero attached hydrogens (tertiary/aromatic N) is 1. The number of rotatable bonds is 7. The van der Waals surface area contributed by atoms with Gasteiger partial charge in [0, 0.05) is 18.8 Å². The highest BCUT2D eigenvalue weighted by Gasteiger charge is 2.20. The summed E-state index contributed by atoms with van der Waals surface area (Å²) in [4.78, 5) is 4.07. The first kappa shape index (κ1) is 15.1. The lowest BCUT2D eigenvalue weighted by atomic mass is 10.3. The second-order valence-electron chi connectivity index (χ2n) is 4.56. The minimum absolute atomic E-state index is 0.231. The third-order valence-corrected chi connectivity index (χ3v) is 4.30. The van der Waals surface area contributed by atoms with Gasteiger partial charge in [-0.05, 0) is 19.1 Å². The molecule has 0 saturated carbocycles. The van der Waals surface area contributed by atoms with Gasteiger partial charge in [0.05, 0.1) is 17.5 Å². The molecular weight excluding hydrogens is 250 g/mol. The summed E-state index contributed by atoms with van der Waals surface area (Å²) in [5, 5.41) is 2.65. The lowest BCUT2D eigenvalue weighted by molar-refractivity contribution is 0.540. The fraction of sp³-hybridized carbons (Fsp3) is 0.583. The summed E-state index contributed by atoms with van der Waals surface area (Å²) in [6, 6.07) is 5.70. The quantitative estimate of drug-likeness (QED) is 0.772. The largest absolute Gasteiger partial charge is 0.313 e. The van der Waals surface area contributed by atoms with Crippen LogP contribution in [-0.2, 0) is 16.6 Å². The average Bonchev–Trinajstić information content (AvgIpc) is 2.34. The molecule has 1 aromatic heterocycles. The molecule has 0 amide bonds. The number of hydrogen-bond acceptors (Lipinski definition) is 4. The highest BCUT2D eigenvalue weighted by molar-refractivity contribution is 7.90. The Balaban J connectivity index is 2.49. The minimum Gasteiger partial charge on any atom is -0.313 e. The predicted octanol–water partition coefficient (Wildman–Crippen LogP) is 0.887. The van der Waals surface area contributed by atoms with Crippen molar-refractivity contribution in [3.05, 3.63) is 30.1 Å². The molecule has 0 fully saturated rings. The van der Waals surface area contributed by atoms with E-state index in [1.54, 1.807) is 25.3 Å². The van der Waals surface area contributed by atoms with Gasteiger partial charge >= 0.3 is 0 Å². The summed E-state index contributed by atoms with van der Waals surface area (Å²) in [5.41, 5.74) is 0.713. The van der Waals surface area contributed by atoms with Crippen LogP contribution in [0.4, 0.5) is 0 Å². The number of aromatic nitrogens is 1. The van der Waals surface area contributed by atoms with E-state index >= 15 is 0 Å². The van der Waals surface area contributed by atoms with Crippen molar-refractivity contribution in [1.82, 2.24) is 15.0 Å². The average molecular weight is 271 g/mol. The monoisotopic (exact) mass is 271 g/mol. The van der Waals surface area contributed by atoms with Crippen LogP contribution in [0.1, 0.15) is 26.5 Å². The number of pyridine rings is 1. The lowest BCUT2D eigenvalue weighted by Gasteiger charge is -2.16. The van der Waals surface area contributed by atoms with E-state index in [4.69, 9.17) is 0 Å². The first-order valence-electron chi connectivity index (χ1n) is 6.03. The third-order valence-electron chi connectivity index (χ3n) is 2.52. The van der Waals surface area contributed by atoms with Crippen molar-refractivity contribution in [2.75, 3.05) is 6.54 Å². The van der Waals surface area contributed by atoms with Crippen LogP contribution < -0.4 is 10.0 Å². The third kappa shape index (κ3) is 5.12. The van der Waals surface area contributed by atoms with Crippen LogP contribution in [-0.4, -0.2) is 31.2 Å². The minimum atomic E-state index is -3.31. The molecule has 0 aliphatic heterocycles. The van der Waals surface area contributed by atoms with Crippen molar-refractivity contribution < 1.29 is 8.42 Å². The summed E-state index contributed by atoms with van der Waals surface area (Å²) in [7, 11) is -3.31. The molecule has 1 heterocycles. The lowest BCUT2D eigenvalue weighted by Crippen LogP contribution is -2.40. The fourth-order valence-corrected chi connectivity index (χ4v) is 2.28. The van der Waals surface area contributed by atoms with Crippen molar-refractivity contribution in [3.63, 3.8) is 0 Å². The van der Waals surface area contributed by atoms with Gasteiger partial charge in [0.15, 0.2) is 0 Å². The van der Waals surface area contributed by atoms with Gasteiger partial charge in [-0.1, -0.05) is 19.9 Å². The highest BCUT2D eigenvalue weighted by atomic mass is 32.2. The second-order valence-corrected chi connectivity index (χ2v) is 6.74. The summed E-state index contributed by atoms with van der Waals surface area (Å²) in [6.45, 7) is 6.34. The molecule has 0 bridgehead atoms. The van der Waals surface area contributed by atoms with E-state index < -0.39 is 15.3 Å². The van der Waals surface area contributed by atoms with Gasteiger partial charge in [-0.3, -0.25) is 4.98 Å². The van der Waals surface area contributed by atoms with Crippen molar-refractivity contribution >= 4 is 10.0 Å². The van der Waals surface area contributed by atoms with Crippen LogP contribution in [0, 0.1) is 0 Å². The van der Waals surface area contributed by atoms with Crippen molar-refractivity contribution in [2.24, 2.45) is 0 Å². The molecule has 5 nitrogen and oxygen atoms in total. The zero-order chi connectivity index (χ0) is 13.6. The van der Waals surface area contributed by atoms with Gasteiger partial charge in [-0.2, -0.15) is 0 Å². The molecule has 1 aromatic rings. The number of sulfonamides is 1. The van der Waals surface area contributed by atoms with Gasteiger partial charge in [0.25, 0.3) is 0 Å². The molecule has 6 heteroatoms. The van der Waals surface area contributed by atoms with E-state index in [0.717, 1.165) is 0 Å². The molecule has 0 aliphatic carbocycles. The summed E-state index contributed by atoms with van der Waals surface area (Å²) < 4.78 is 26.4. The van der Waals surface area contributed by atoms with Crippen LogP contribution in [0.3, 0.4) is 0 Å². The molecule has 1 unspecified atom stereocenters. The van der Waals surface area contributed by atoms with E-state index in [0.29, 0.717) is 12.2 Å². The Morgan fingerprint density at radius 1 is 1.28 bits per heavy atom. The highest BCUT2D eigenvalue weighted by Crippen LogP contribution is 2.00. The molecule has 2 N–H and O–H groups in total. The molecule has 0 saturated heterocycles. The van der Waals surface area contributed by atoms with Crippen LogP contribution in [0.25, 0.3) is 0 Å². The predicted molar refractivity (Wildman–Crippen MR) is 72.6 cm³/mol. The maximum absolute atomic E-state index is 11.9. The molecule has 1 atom stereocenters. The molecule has 0 radical (unpaired) electrons. The van der Waals surface area contributed by atoms with Gasteiger partial charge in [-0.25, -0.2) is 13.1 Å². The first-order valence-corrected chi connectivity index (χ1v) is 7.58.